The molecule has 0 radical (unpaired) electrons. The van der Waals surface area contributed by atoms with E-state index in [4.69, 9.17) is 5.11 Å². The molecule has 0 aliphatic carbocycles. The van der Waals surface area contributed by atoms with Crippen molar-refractivity contribution in [3.8, 4) is 0 Å². The topological polar surface area (TPSA) is 106 Å². The Morgan fingerprint density at radius 1 is 1.48 bits per heavy atom. The fourth-order valence-electron chi connectivity index (χ4n) is 1.88. The van der Waals surface area contributed by atoms with Crippen LogP contribution in [0.5, 0.6) is 0 Å². The van der Waals surface area contributed by atoms with Gasteiger partial charge in [-0.3, -0.25) is 0 Å². The van der Waals surface area contributed by atoms with Gasteiger partial charge in [0, 0.05) is 32.2 Å². The van der Waals surface area contributed by atoms with Crippen molar-refractivity contribution in [3.63, 3.8) is 0 Å². The fourth-order valence-corrected chi connectivity index (χ4v) is 2.90. The molecule has 114 valence electrons. The standard InChI is InChI=1S/C12H16N4O4S/c1-3-16-8-9(6-10(16)12(17)18)21(19,20)14-7-11-13-4-5-15(11)2/h4-6,8,14H,3,7H2,1-2H3,(H,17,18). The molecule has 0 aliphatic rings. The number of aromatic carboxylic acids is 1. The highest BCUT2D eigenvalue weighted by Crippen LogP contribution is 2.15. The molecule has 0 amide bonds. The van der Waals surface area contributed by atoms with Crippen LogP contribution in [-0.2, 0) is 30.2 Å². The number of carboxylic acids is 1. The second kappa shape index (κ2) is 5.70. The molecule has 0 saturated carbocycles. The van der Waals surface area contributed by atoms with Gasteiger partial charge in [0.15, 0.2) is 0 Å². The number of carboxylic acid groups (broad SMARTS) is 1. The monoisotopic (exact) mass is 312 g/mol. The Bertz CT molecular complexity index is 760. The van der Waals surface area contributed by atoms with Crippen molar-refractivity contribution in [1.82, 2.24) is 18.8 Å². The van der Waals surface area contributed by atoms with Gasteiger partial charge in [0.1, 0.15) is 16.4 Å². The van der Waals surface area contributed by atoms with Crippen molar-refractivity contribution in [3.05, 3.63) is 36.2 Å². The molecule has 2 N–H and O–H groups in total. The highest BCUT2D eigenvalue weighted by atomic mass is 32.2. The zero-order valence-electron chi connectivity index (χ0n) is 11.6. The molecule has 0 spiro atoms. The quantitative estimate of drug-likeness (QED) is 0.804. The lowest BCUT2D eigenvalue weighted by Crippen LogP contribution is -2.24. The third-order valence-corrected chi connectivity index (χ3v) is 4.45. The van der Waals surface area contributed by atoms with E-state index in [1.165, 1.54) is 10.8 Å². The van der Waals surface area contributed by atoms with Crippen molar-refractivity contribution in [2.24, 2.45) is 7.05 Å². The fraction of sp³-hybridized carbons (Fsp3) is 0.333. The molecular weight excluding hydrogens is 296 g/mol. The molecule has 2 rings (SSSR count). The average molecular weight is 312 g/mol. The van der Waals surface area contributed by atoms with Crippen LogP contribution in [0.3, 0.4) is 0 Å². The van der Waals surface area contributed by atoms with Crippen LogP contribution >= 0.6 is 0 Å². The Morgan fingerprint density at radius 3 is 2.67 bits per heavy atom. The zero-order chi connectivity index (χ0) is 15.6. The number of hydrogen-bond donors (Lipinski definition) is 2. The molecule has 2 aromatic rings. The number of carbonyl (C=O) groups is 1. The SMILES string of the molecule is CCn1cc(S(=O)(=O)NCc2nccn2C)cc1C(=O)O. The van der Waals surface area contributed by atoms with Gasteiger partial charge >= 0.3 is 5.97 Å². The van der Waals surface area contributed by atoms with Crippen LogP contribution in [0.25, 0.3) is 0 Å². The van der Waals surface area contributed by atoms with Gasteiger partial charge in [0.25, 0.3) is 0 Å². The summed E-state index contributed by atoms with van der Waals surface area (Å²) in [5.74, 6) is -0.602. The molecule has 0 aliphatic heterocycles. The van der Waals surface area contributed by atoms with Gasteiger partial charge < -0.3 is 14.2 Å². The maximum absolute atomic E-state index is 12.2. The number of hydrogen-bond acceptors (Lipinski definition) is 4. The summed E-state index contributed by atoms with van der Waals surface area (Å²) in [6.45, 7) is 2.15. The van der Waals surface area contributed by atoms with E-state index in [-0.39, 0.29) is 17.1 Å². The molecule has 9 heteroatoms. The first-order chi connectivity index (χ1) is 9.85. The van der Waals surface area contributed by atoms with Crippen molar-refractivity contribution < 1.29 is 18.3 Å². The number of aromatic nitrogens is 3. The van der Waals surface area contributed by atoms with E-state index in [1.807, 2.05) is 0 Å². The second-order valence-corrected chi connectivity index (χ2v) is 6.20. The van der Waals surface area contributed by atoms with Crippen molar-refractivity contribution >= 4 is 16.0 Å². The van der Waals surface area contributed by atoms with E-state index < -0.39 is 16.0 Å². The van der Waals surface area contributed by atoms with Gasteiger partial charge in [-0.1, -0.05) is 0 Å². The number of nitrogens with one attached hydrogen (secondary N) is 1. The molecule has 0 fully saturated rings. The van der Waals surface area contributed by atoms with Gasteiger partial charge in [0.05, 0.1) is 6.54 Å². The minimum atomic E-state index is -3.79. The van der Waals surface area contributed by atoms with Crippen LogP contribution < -0.4 is 4.72 Å². The average Bonchev–Trinajstić information content (AvgIpc) is 3.02. The molecule has 8 nitrogen and oxygen atoms in total. The summed E-state index contributed by atoms with van der Waals surface area (Å²) in [5, 5.41) is 9.04. The minimum Gasteiger partial charge on any atom is -0.477 e. The minimum absolute atomic E-state index is 0.0333. The van der Waals surface area contributed by atoms with Crippen LogP contribution in [0.2, 0.25) is 0 Å². The molecular formula is C12H16N4O4S. The van der Waals surface area contributed by atoms with Crippen LogP contribution in [-0.4, -0.2) is 33.6 Å². The molecule has 0 bridgehead atoms. The molecule has 0 atom stereocenters. The summed E-state index contributed by atoms with van der Waals surface area (Å²) in [6.07, 6.45) is 4.59. The van der Waals surface area contributed by atoms with Crippen molar-refractivity contribution in [2.75, 3.05) is 0 Å². The summed E-state index contributed by atoms with van der Waals surface area (Å²) in [4.78, 5) is 15.0. The summed E-state index contributed by atoms with van der Waals surface area (Å²) in [5.41, 5.74) is -0.0603. The molecule has 2 aromatic heterocycles. The maximum Gasteiger partial charge on any atom is 0.352 e. The van der Waals surface area contributed by atoms with Gasteiger partial charge in [-0.05, 0) is 13.0 Å². The first kappa shape index (κ1) is 15.3. The highest BCUT2D eigenvalue weighted by molar-refractivity contribution is 7.89. The summed E-state index contributed by atoms with van der Waals surface area (Å²) in [7, 11) is -2.03. The van der Waals surface area contributed by atoms with E-state index in [9.17, 15) is 13.2 Å². The summed E-state index contributed by atoms with van der Waals surface area (Å²) >= 11 is 0. The van der Waals surface area contributed by atoms with E-state index >= 15 is 0 Å². The van der Waals surface area contributed by atoms with E-state index in [0.717, 1.165) is 6.07 Å². The highest BCUT2D eigenvalue weighted by Gasteiger charge is 2.21. The number of nitrogens with zero attached hydrogens (tertiary/aromatic N) is 3. The Kier molecular flexibility index (Phi) is 4.14. The number of imidazole rings is 1. The summed E-state index contributed by atoms with van der Waals surface area (Å²) in [6, 6.07) is 1.15. The van der Waals surface area contributed by atoms with E-state index in [0.29, 0.717) is 12.4 Å². The Balaban J connectivity index is 2.23. The van der Waals surface area contributed by atoms with E-state index in [1.54, 1.807) is 30.9 Å². The Labute approximate surface area is 122 Å². The van der Waals surface area contributed by atoms with Crippen molar-refractivity contribution in [1.29, 1.82) is 0 Å². The van der Waals surface area contributed by atoms with Crippen LogP contribution in [0, 0.1) is 0 Å². The first-order valence-electron chi connectivity index (χ1n) is 6.24. The third-order valence-electron chi connectivity index (χ3n) is 3.08. The predicted octanol–water partition coefficient (Wildman–Crippen LogP) is 0.418. The van der Waals surface area contributed by atoms with Crippen LogP contribution in [0.1, 0.15) is 23.2 Å². The Morgan fingerprint density at radius 2 is 2.19 bits per heavy atom. The Hall–Kier alpha value is -2.13. The maximum atomic E-state index is 12.2. The third kappa shape index (κ3) is 3.14. The number of sulfonamides is 1. The number of rotatable bonds is 6. The largest absolute Gasteiger partial charge is 0.477 e. The lowest BCUT2D eigenvalue weighted by atomic mass is 10.4. The van der Waals surface area contributed by atoms with Gasteiger partial charge in [-0.15, -0.1) is 0 Å². The second-order valence-electron chi connectivity index (χ2n) is 4.43. The molecule has 0 aromatic carbocycles. The first-order valence-corrected chi connectivity index (χ1v) is 7.72. The number of aryl methyl sites for hydroxylation is 2. The zero-order valence-corrected chi connectivity index (χ0v) is 12.5. The molecule has 0 unspecified atom stereocenters. The molecule has 21 heavy (non-hydrogen) atoms. The van der Waals surface area contributed by atoms with Gasteiger partial charge in [0.2, 0.25) is 10.0 Å². The van der Waals surface area contributed by atoms with E-state index in [2.05, 4.69) is 9.71 Å². The lowest BCUT2D eigenvalue weighted by molar-refractivity contribution is 0.0685. The smallest absolute Gasteiger partial charge is 0.352 e. The summed E-state index contributed by atoms with van der Waals surface area (Å²) < 4.78 is 29.9. The van der Waals surface area contributed by atoms with Crippen LogP contribution in [0.15, 0.2) is 29.6 Å². The normalized spacial score (nSPS) is 11.7. The molecule has 0 saturated heterocycles. The van der Waals surface area contributed by atoms with Crippen LogP contribution in [0.4, 0.5) is 0 Å². The van der Waals surface area contributed by atoms with Gasteiger partial charge in [-0.25, -0.2) is 22.9 Å². The van der Waals surface area contributed by atoms with Crippen molar-refractivity contribution in [2.45, 2.75) is 24.9 Å². The molecule has 2 heterocycles. The van der Waals surface area contributed by atoms with Gasteiger partial charge in [-0.2, -0.15) is 0 Å². The lowest BCUT2D eigenvalue weighted by Gasteiger charge is -2.05. The predicted molar refractivity (Wildman–Crippen MR) is 74.3 cm³/mol.